The molecule has 0 aliphatic carbocycles. The molecular formula is C15H14ClN5O2S. The molecular weight excluding hydrogens is 350 g/mol. The smallest absolute Gasteiger partial charge is 0.261 e. The SMILES string of the molecule is CCn1nnc(-c2ccccc2NS(=O)(=O)c2ccc(Cl)cc2)n1. The molecule has 1 N–H and O–H groups in total. The van der Waals surface area contributed by atoms with Gasteiger partial charge in [0.05, 0.1) is 17.1 Å². The number of hydrogen-bond acceptors (Lipinski definition) is 5. The summed E-state index contributed by atoms with van der Waals surface area (Å²) in [5.41, 5.74) is 0.929. The fourth-order valence-electron chi connectivity index (χ4n) is 2.07. The molecule has 124 valence electrons. The summed E-state index contributed by atoms with van der Waals surface area (Å²) in [6.45, 7) is 2.46. The quantitative estimate of drug-likeness (QED) is 0.752. The number of aromatic nitrogens is 4. The molecule has 3 aromatic rings. The fraction of sp³-hybridized carbons (Fsp3) is 0.133. The average Bonchev–Trinajstić information content (AvgIpc) is 3.04. The monoisotopic (exact) mass is 363 g/mol. The van der Waals surface area contributed by atoms with Crippen molar-refractivity contribution < 1.29 is 8.42 Å². The topological polar surface area (TPSA) is 89.8 Å². The number of hydrogen-bond donors (Lipinski definition) is 1. The lowest BCUT2D eigenvalue weighted by atomic mass is 10.2. The molecule has 0 atom stereocenters. The van der Waals surface area contributed by atoms with Crippen LogP contribution in [-0.2, 0) is 16.6 Å². The number of anilines is 1. The highest BCUT2D eigenvalue weighted by atomic mass is 35.5. The Balaban J connectivity index is 1.97. The molecule has 1 aromatic heterocycles. The van der Waals surface area contributed by atoms with Crippen LogP contribution >= 0.6 is 11.6 Å². The summed E-state index contributed by atoms with van der Waals surface area (Å²) in [5, 5.41) is 12.5. The second-order valence-corrected chi connectivity index (χ2v) is 7.03. The number of nitrogens with one attached hydrogen (secondary N) is 1. The molecule has 0 aliphatic rings. The van der Waals surface area contributed by atoms with Crippen LogP contribution in [0.3, 0.4) is 0 Å². The zero-order chi connectivity index (χ0) is 17.2. The third kappa shape index (κ3) is 3.39. The van der Waals surface area contributed by atoms with Crippen LogP contribution in [0.15, 0.2) is 53.4 Å². The molecule has 0 amide bonds. The normalized spacial score (nSPS) is 11.4. The van der Waals surface area contributed by atoms with Gasteiger partial charge >= 0.3 is 0 Å². The van der Waals surface area contributed by atoms with Gasteiger partial charge in [0.15, 0.2) is 0 Å². The predicted octanol–water partition coefficient (Wildman–Crippen LogP) is 2.81. The van der Waals surface area contributed by atoms with E-state index in [-0.39, 0.29) is 4.90 Å². The van der Waals surface area contributed by atoms with Gasteiger partial charge in [-0.05, 0) is 48.5 Å². The number of tetrazole rings is 1. The van der Waals surface area contributed by atoms with Crippen LogP contribution in [-0.4, -0.2) is 28.6 Å². The second kappa shape index (κ2) is 6.58. The predicted molar refractivity (Wildman–Crippen MR) is 91.2 cm³/mol. The minimum absolute atomic E-state index is 0.117. The summed E-state index contributed by atoms with van der Waals surface area (Å²) in [6.07, 6.45) is 0. The van der Waals surface area contributed by atoms with Gasteiger partial charge < -0.3 is 0 Å². The first-order valence-corrected chi connectivity index (χ1v) is 9.01. The Morgan fingerprint density at radius 3 is 2.50 bits per heavy atom. The highest BCUT2D eigenvalue weighted by Crippen LogP contribution is 2.27. The van der Waals surface area contributed by atoms with Gasteiger partial charge in [-0.25, -0.2) is 8.42 Å². The molecule has 0 saturated carbocycles. The third-order valence-corrected chi connectivity index (χ3v) is 4.91. The van der Waals surface area contributed by atoms with E-state index < -0.39 is 10.0 Å². The average molecular weight is 364 g/mol. The van der Waals surface area contributed by atoms with Crippen molar-refractivity contribution in [3.63, 3.8) is 0 Å². The molecule has 7 nitrogen and oxygen atoms in total. The molecule has 24 heavy (non-hydrogen) atoms. The summed E-state index contributed by atoms with van der Waals surface area (Å²) in [7, 11) is -3.75. The molecule has 9 heteroatoms. The Labute approximate surface area is 144 Å². The molecule has 0 spiro atoms. The van der Waals surface area contributed by atoms with Crippen LogP contribution in [0.5, 0.6) is 0 Å². The summed E-state index contributed by atoms with van der Waals surface area (Å²) >= 11 is 5.80. The van der Waals surface area contributed by atoms with E-state index in [1.54, 1.807) is 24.3 Å². The first-order valence-electron chi connectivity index (χ1n) is 7.15. The van der Waals surface area contributed by atoms with Crippen molar-refractivity contribution in [2.24, 2.45) is 0 Å². The van der Waals surface area contributed by atoms with E-state index in [2.05, 4.69) is 20.1 Å². The maximum atomic E-state index is 12.5. The van der Waals surface area contributed by atoms with Gasteiger partial charge in [0.1, 0.15) is 0 Å². The highest BCUT2D eigenvalue weighted by Gasteiger charge is 2.18. The first-order chi connectivity index (χ1) is 11.5. The van der Waals surface area contributed by atoms with E-state index in [0.29, 0.717) is 28.6 Å². The van der Waals surface area contributed by atoms with E-state index in [4.69, 9.17) is 11.6 Å². The Bertz CT molecular complexity index is 954. The number of halogens is 1. The molecule has 0 saturated heterocycles. The molecule has 0 fully saturated rings. The van der Waals surface area contributed by atoms with E-state index in [0.717, 1.165) is 0 Å². The third-order valence-electron chi connectivity index (χ3n) is 3.27. The number of benzene rings is 2. The van der Waals surface area contributed by atoms with Gasteiger partial charge in [0, 0.05) is 10.6 Å². The van der Waals surface area contributed by atoms with Crippen molar-refractivity contribution >= 4 is 27.3 Å². The second-order valence-electron chi connectivity index (χ2n) is 4.91. The number of rotatable bonds is 5. The zero-order valence-electron chi connectivity index (χ0n) is 12.7. The van der Waals surface area contributed by atoms with Crippen LogP contribution < -0.4 is 4.72 Å². The van der Waals surface area contributed by atoms with Gasteiger partial charge in [-0.3, -0.25) is 4.72 Å². The van der Waals surface area contributed by atoms with Gasteiger partial charge in [0.2, 0.25) is 5.82 Å². The molecule has 0 radical (unpaired) electrons. The van der Waals surface area contributed by atoms with Gasteiger partial charge in [-0.2, -0.15) is 4.80 Å². The van der Waals surface area contributed by atoms with Gasteiger partial charge in [0.25, 0.3) is 10.0 Å². The largest absolute Gasteiger partial charge is 0.279 e. The molecule has 1 heterocycles. The van der Waals surface area contributed by atoms with Crippen molar-refractivity contribution in [3.8, 4) is 11.4 Å². The summed E-state index contributed by atoms with van der Waals surface area (Å²) in [6, 6.07) is 12.8. The van der Waals surface area contributed by atoms with Crippen LogP contribution in [0.4, 0.5) is 5.69 Å². The van der Waals surface area contributed by atoms with Crippen LogP contribution in [0.1, 0.15) is 6.92 Å². The lowest BCUT2D eigenvalue weighted by Gasteiger charge is -2.10. The minimum Gasteiger partial charge on any atom is -0.279 e. The van der Waals surface area contributed by atoms with Gasteiger partial charge in [-0.1, -0.05) is 23.7 Å². The Morgan fingerprint density at radius 2 is 1.83 bits per heavy atom. The highest BCUT2D eigenvalue weighted by molar-refractivity contribution is 7.92. The van der Waals surface area contributed by atoms with Crippen molar-refractivity contribution in [3.05, 3.63) is 53.6 Å². The first kappa shape index (κ1) is 16.4. The lowest BCUT2D eigenvalue weighted by molar-refractivity contribution is 0.553. The van der Waals surface area contributed by atoms with Crippen molar-refractivity contribution in [1.82, 2.24) is 20.2 Å². The van der Waals surface area contributed by atoms with Gasteiger partial charge in [-0.15, -0.1) is 10.2 Å². The Kier molecular flexibility index (Phi) is 4.50. The summed E-state index contributed by atoms with van der Waals surface area (Å²) in [4.78, 5) is 1.55. The van der Waals surface area contributed by atoms with Crippen LogP contribution in [0.2, 0.25) is 5.02 Å². The van der Waals surface area contributed by atoms with E-state index in [1.807, 2.05) is 6.92 Å². The molecule has 0 aliphatic heterocycles. The fourth-order valence-corrected chi connectivity index (χ4v) is 3.28. The molecule has 3 rings (SSSR count). The summed E-state index contributed by atoms with van der Waals surface area (Å²) < 4.78 is 27.6. The number of nitrogens with zero attached hydrogens (tertiary/aromatic N) is 4. The molecule has 2 aromatic carbocycles. The lowest BCUT2D eigenvalue weighted by Crippen LogP contribution is -2.13. The van der Waals surface area contributed by atoms with Crippen molar-refractivity contribution in [1.29, 1.82) is 0 Å². The molecule has 0 unspecified atom stereocenters. The molecule has 0 bridgehead atoms. The summed E-state index contributed by atoms with van der Waals surface area (Å²) in [5.74, 6) is 0.353. The van der Waals surface area contributed by atoms with Crippen molar-refractivity contribution in [2.75, 3.05) is 4.72 Å². The van der Waals surface area contributed by atoms with E-state index in [9.17, 15) is 8.42 Å². The number of sulfonamides is 1. The standard InChI is InChI=1S/C15H14ClN5O2S/c1-2-21-18-15(17-20-21)13-5-3-4-6-14(13)19-24(22,23)12-9-7-11(16)8-10-12/h3-10,19H,2H2,1H3. The number of aryl methyl sites for hydroxylation is 1. The van der Waals surface area contributed by atoms with Crippen molar-refractivity contribution in [2.45, 2.75) is 18.4 Å². The van der Waals surface area contributed by atoms with E-state index >= 15 is 0 Å². The Hall–Kier alpha value is -2.45. The maximum Gasteiger partial charge on any atom is 0.261 e. The zero-order valence-corrected chi connectivity index (χ0v) is 14.3. The Morgan fingerprint density at radius 1 is 1.12 bits per heavy atom. The number of para-hydroxylation sites is 1. The van der Waals surface area contributed by atoms with Crippen LogP contribution in [0.25, 0.3) is 11.4 Å². The van der Waals surface area contributed by atoms with Crippen LogP contribution in [0, 0.1) is 0 Å². The maximum absolute atomic E-state index is 12.5. The van der Waals surface area contributed by atoms with E-state index in [1.165, 1.54) is 29.1 Å². The minimum atomic E-state index is -3.75.